The first kappa shape index (κ1) is 20.7. The van der Waals surface area contributed by atoms with Crippen LogP contribution in [-0.4, -0.2) is 39.0 Å². The number of aromatic amines is 1. The summed E-state index contributed by atoms with van der Waals surface area (Å²) in [5.74, 6) is 0.745. The molecule has 33 heavy (non-hydrogen) atoms. The molecule has 0 atom stereocenters. The molecule has 2 amide bonds. The van der Waals surface area contributed by atoms with E-state index in [1.54, 1.807) is 47.6 Å². The highest BCUT2D eigenvalue weighted by Gasteiger charge is 2.21. The molecule has 4 aromatic rings. The molecule has 0 bridgehead atoms. The Labute approximate surface area is 189 Å². The molecule has 3 heterocycles. The lowest BCUT2D eigenvalue weighted by Gasteiger charge is -2.26. The predicted molar refractivity (Wildman–Crippen MR) is 125 cm³/mol. The number of nitrogens with zero attached hydrogens (tertiary/aromatic N) is 3. The molecular weight excluding hydrogens is 421 g/mol. The number of benzene rings is 2. The van der Waals surface area contributed by atoms with Crippen LogP contribution in [0.1, 0.15) is 17.7 Å². The molecule has 2 N–H and O–H groups in total. The molecule has 0 radical (unpaired) electrons. The standard InChI is InChI=1S/C25H22FN5O2/c1-16-14-27-24-22(16)23(28-15-29-24)17-9-11-31(12-10-17)25(32)30-19-3-2-4-21(13-19)33-20-7-5-18(26)6-8-20/h2-9,13-15H,10-12H2,1H3,(H,30,32)(H,27,28,29). The normalized spacial score (nSPS) is 13.6. The monoisotopic (exact) mass is 443 g/mol. The van der Waals surface area contributed by atoms with E-state index < -0.39 is 0 Å². The molecule has 1 aliphatic rings. The summed E-state index contributed by atoms with van der Waals surface area (Å²) in [4.78, 5) is 26.5. The minimum Gasteiger partial charge on any atom is -0.457 e. The number of aryl methyl sites for hydroxylation is 1. The minimum absolute atomic E-state index is 0.185. The van der Waals surface area contributed by atoms with Gasteiger partial charge >= 0.3 is 6.03 Å². The summed E-state index contributed by atoms with van der Waals surface area (Å²) in [6.07, 6.45) is 6.25. The molecule has 0 aliphatic carbocycles. The van der Waals surface area contributed by atoms with Gasteiger partial charge in [-0.25, -0.2) is 19.2 Å². The number of carbonyl (C=O) groups is 1. The Balaban J connectivity index is 1.25. The molecule has 1 aliphatic heterocycles. The molecule has 2 aromatic heterocycles. The van der Waals surface area contributed by atoms with Gasteiger partial charge in [0.25, 0.3) is 0 Å². The highest BCUT2D eigenvalue weighted by Crippen LogP contribution is 2.29. The van der Waals surface area contributed by atoms with Crippen LogP contribution in [0.2, 0.25) is 0 Å². The number of carbonyl (C=O) groups excluding carboxylic acids is 1. The Morgan fingerprint density at radius 2 is 2.00 bits per heavy atom. The van der Waals surface area contributed by atoms with Gasteiger partial charge in [-0.05, 0) is 60.9 Å². The molecular formula is C25H22FN5O2. The third-order valence-corrected chi connectivity index (χ3v) is 5.60. The molecule has 0 saturated heterocycles. The average molecular weight is 443 g/mol. The first-order valence-corrected chi connectivity index (χ1v) is 10.6. The number of nitrogens with one attached hydrogen (secondary N) is 2. The predicted octanol–water partition coefficient (Wildman–Crippen LogP) is 5.52. The van der Waals surface area contributed by atoms with Gasteiger partial charge in [0.2, 0.25) is 0 Å². The number of aromatic nitrogens is 3. The van der Waals surface area contributed by atoms with Crippen molar-refractivity contribution < 1.29 is 13.9 Å². The molecule has 7 nitrogen and oxygen atoms in total. The highest BCUT2D eigenvalue weighted by atomic mass is 19.1. The fourth-order valence-electron chi connectivity index (χ4n) is 3.91. The summed E-state index contributed by atoms with van der Waals surface area (Å²) in [5.41, 5.74) is 4.58. The summed E-state index contributed by atoms with van der Waals surface area (Å²) in [5, 5.41) is 3.95. The molecule has 166 valence electrons. The maximum absolute atomic E-state index is 13.1. The van der Waals surface area contributed by atoms with Gasteiger partial charge in [-0.2, -0.15) is 0 Å². The van der Waals surface area contributed by atoms with E-state index in [9.17, 15) is 9.18 Å². The van der Waals surface area contributed by atoms with Crippen molar-refractivity contribution in [2.24, 2.45) is 0 Å². The molecule has 0 unspecified atom stereocenters. The summed E-state index contributed by atoms with van der Waals surface area (Å²) in [6, 6.07) is 12.7. The van der Waals surface area contributed by atoms with Gasteiger partial charge in [0, 0.05) is 36.4 Å². The number of fused-ring (bicyclic) bond motifs is 1. The van der Waals surface area contributed by atoms with E-state index in [2.05, 4.69) is 20.3 Å². The number of urea groups is 1. The van der Waals surface area contributed by atoms with Crippen molar-refractivity contribution in [1.29, 1.82) is 0 Å². The zero-order valence-electron chi connectivity index (χ0n) is 18.0. The second-order valence-corrected chi connectivity index (χ2v) is 7.86. The van der Waals surface area contributed by atoms with Crippen LogP contribution >= 0.6 is 0 Å². The average Bonchev–Trinajstić information content (AvgIpc) is 3.22. The maximum Gasteiger partial charge on any atom is 0.322 e. The van der Waals surface area contributed by atoms with Crippen molar-refractivity contribution in [2.75, 3.05) is 18.4 Å². The second-order valence-electron chi connectivity index (χ2n) is 7.86. The second kappa shape index (κ2) is 8.74. The lowest BCUT2D eigenvalue weighted by Crippen LogP contribution is -2.37. The fourth-order valence-corrected chi connectivity index (χ4v) is 3.91. The van der Waals surface area contributed by atoms with Gasteiger partial charge in [-0.1, -0.05) is 12.1 Å². The van der Waals surface area contributed by atoms with Crippen LogP contribution in [0.25, 0.3) is 16.6 Å². The molecule has 2 aromatic carbocycles. The van der Waals surface area contributed by atoms with Crippen LogP contribution in [0.4, 0.5) is 14.9 Å². The fraction of sp³-hybridized carbons (Fsp3) is 0.160. The zero-order valence-corrected chi connectivity index (χ0v) is 18.0. The van der Waals surface area contributed by atoms with Crippen LogP contribution in [0.15, 0.2) is 67.1 Å². The van der Waals surface area contributed by atoms with Crippen molar-refractivity contribution in [2.45, 2.75) is 13.3 Å². The summed E-state index contributed by atoms with van der Waals surface area (Å²) >= 11 is 0. The van der Waals surface area contributed by atoms with E-state index in [-0.39, 0.29) is 11.8 Å². The van der Waals surface area contributed by atoms with Crippen LogP contribution in [0.5, 0.6) is 11.5 Å². The Hall–Kier alpha value is -4.20. The molecule has 0 spiro atoms. The largest absolute Gasteiger partial charge is 0.457 e. The van der Waals surface area contributed by atoms with Crippen molar-refractivity contribution in [3.8, 4) is 11.5 Å². The van der Waals surface area contributed by atoms with Gasteiger partial charge in [0.05, 0.1) is 5.69 Å². The number of H-pyrrole nitrogens is 1. The smallest absolute Gasteiger partial charge is 0.322 e. The first-order valence-electron chi connectivity index (χ1n) is 10.6. The van der Waals surface area contributed by atoms with Gasteiger partial charge < -0.3 is 19.9 Å². The molecule has 5 rings (SSSR count). The maximum atomic E-state index is 13.1. The van der Waals surface area contributed by atoms with E-state index >= 15 is 0 Å². The summed E-state index contributed by atoms with van der Waals surface area (Å²) < 4.78 is 18.8. The number of rotatable bonds is 4. The molecule has 0 fully saturated rings. The van der Waals surface area contributed by atoms with Crippen LogP contribution in [0, 0.1) is 12.7 Å². The van der Waals surface area contributed by atoms with Gasteiger partial charge in [-0.3, -0.25) is 0 Å². The zero-order chi connectivity index (χ0) is 22.8. The lowest BCUT2D eigenvalue weighted by atomic mass is 10.0. The lowest BCUT2D eigenvalue weighted by molar-refractivity contribution is 0.217. The quantitative estimate of drug-likeness (QED) is 0.435. The number of amides is 2. The third kappa shape index (κ3) is 4.41. The van der Waals surface area contributed by atoms with Crippen LogP contribution < -0.4 is 10.1 Å². The Morgan fingerprint density at radius 3 is 2.79 bits per heavy atom. The topological polar surface area (TPSA) is 83.1 Å². The van der Waals surface area contributed by atoms with E-state index in [0.29, 0.717) is 36.7 Å². The third-order valence-electron chi connectivity index (χ3n) is 5.60. The van der Waals surface area contributed by atoms with E-state index in [1.807, 2.05) is 19.2 Å². The number of hydrogen-bond donors (Lipinski definition) is 2. The number of anilines is 1. The van der Waals surface area contributed by atoms with Crippen LogP contribution in [0.3, 0.4) is 0 Å². The summed E-state index contributed by atoms with van der Waals surface area (Å²) in [7, 11) is 0. The van der Waals surface area contributed by atoms with E-state index in [0.717, 1.165) is 27.9 Å². The van der Waals surface area contributed by atoms with E-state index in [1.165, 1.54) is 12.1 Å². The molecule has 8 heteroatoms. The van der Waals surface area contributed by atoms with Gasteiger partial charge in [0.15, 0.2) is 0 Å². The highest BCUT2D eigenvalue weighted by molar-refractivity contribution is 5.93. The SMILES string of the molecule is Cc1c[nH]c2ncnc(C3=CCN(C(=O)Nc4cccc(Oc5ccc(F)cc5)c4)CC3)c12. The Bertz CT molecular complexity index is 1350. The Kier molecular flexibility index (Phi) is 5.48. The van der Waals surface area contributed by atoms with Gasteiger partial charge in [0.1, 0.15) is 29.3 Å². The Morgan fingerprint density at radius 1 is 1.15 bits per heavy atom. The van der Waals surface area contributed by atoms with E-state index in [4.69, 9.17) is 4.74 Å². The number of hydrogen-bond acceptors (Lipinski definition) is 4. The van der Waals surface area contributed by atoms with Crippen molar-refractivity contribution in [3.63, 3.8) is 0 Å². The van der Waals surface area contributed by atoms with Crippen molar-refractivity contribution >= 4 is 28.3 Å². The van der Waals surface area contributed by atoms with Gasteiger partial charge in [-0.15, -0.1) is 0 Å². The number of halogens is 1. The first-order chi connectivity index (χ1) is 16.1. The molecule has 0 saturated carbocycles. The minimum atomic E-state index is -0.325. The van der Waals surface area contributed by atoms with Crippen molar-refractivity contribution in [3.05, 3.63) is 84.2 Å². The van der Waals surface area contributed by atoms with Crippen LogP contribution in [-0.2, 0) is 0 Å². The van der Waals surface area contributed by atoms with Crippen molar-refractivity contribution in [1.82, 2.24) is 19.9 Å². The number of ether oxygens (including phenoxy) is 1. The summed E-state index contributed by atoms with van der Waals surface area (Å²) in [6.45, 7) is 3.10.